The molecule has 2 aromatic rings. The van der Waals surface area contributed by atoms with Gasteiger partial charge in [-0.25, -0.2) is 0 Å². The standard InChI is InChI=1S/C18H16F3NO3S/c19-18(20,21)14-7-4-8-15(11-14)26-10-9-25-16(23)12-22-17(24)13-5-2-1-3-6-13/h1-8,11H,9-10,12H2,(H,22,24). The highest BCUT2D eigenvalue weighted by Gasteiger charge is 2.30. The number of ether oxygens (including phenoxy) is 1. The number of alkyl halides is 3. The van der Waals surface area contributed by atoms with E-state index in [1.807, 2.05) is 0 Å². The number of hydrogen-bond acceptors (Lipinski definition) is 4. The van der Waals surface area contributed by atoms with Gasteiger partial charge in [-0.1, -0.05) is 24.3 Å². The van der Waals surface area contributed by atoms with E-state index in [9.17, 15) is 22.8 Å². The van der Waals surface area contributed by atoms with Crippen molar-refractivity contribution in [2.24, 2.45) is 0 Å². The first kappa shape index (κ1) is 19.8. The molecular weight excluding hydrogens is 367 g/mol. The summed E-state index contributed by atoms with van der Waals surface area (Å²) in [6.45, 7) is -0.247. The molecule has 26 heavy (non-hydrogen) atoms. The third kappa shape index (κ3) is 6.44. The van der Waals surface area contributed by atoms with Crippen molar-refractivity contribution in [2.45, 2.75) is 11.1 Å². The van der Waals surface area contributed by atoms with Crippen LogP contribution in [-0.4, -0.2) is 30.8 Å². The van der Waals surface area contributed by atoms with Gasteiger partial charge in [0.15, 0.2) is 0 Å². The second kappa shape index (κ2) is 9.28. The molecule has 4 nitrogen and oxygen atoms in total. The molecule has 1 N–H and O–H groups in total. The summed E-state index contributed by atoms with van der Waals surface area (Å²) >= 11 is 1.15. The summed E-state index contributed by atoms with van der Waals surface area (Å²) in [6, 6.07) is 13.4. The Bertz CT molecular complexity index is 751. The molecule has 0 fully saturated rings. The summed E-state index contributed by atoms with van der Waals surface area (Å²) in [6.07, 6.45) is -4.39. The lowest BCUT2D eigenvalue weighted by Crippen LogP contribution is -2.30. The van der Waals surface area contributed by atoms with E-state index in [1.54, 1.807) is 36.4 Å². The molecule has 0 aliphatic carbocycles. The van der Waals surface area contributed by atoms with E-state index in [0.717, 1.165) is 23.9 Å². The molecule has 138 valence electrons. The fourth-order valence-electron chi connectivity index (χ4n) is 1.97. The third-order valence-corrected chi connectivity index (χ3v) is 4.16. The SMILES string of the molecule is O=C(CNC(=O)c1ccccc1)OCCSc1cccc(C(F)(F)F)c1. The van der Waals surface area contributed by atoms with Gasteiger partial charge in [-0.3, -0.25) is 9.59 Å². The van der Waals surface area contributed by atoms with E-state index in [2.05, 4.69) is 5.32 Å². The lowest BCUT2D eigenvalue weighted by atomic mass is 10.2. The fraction of sp³-hybridized carbons (Fsp3) is 0.222. The number of amides is 1. The van der Waals surface area contributed by atoms with Crippen LogP contribution in [0.25, 0.3) is 0 Å². The van der Waals surface area contributed by atoms with Crippen molar-refractivity contribution in [1.29, 1.82) is 0 Å². The molecular formula is C18H16F3NO3S. The first-order valence-corrected chi connectivity index (χ1v) is 8.64. The second-order valence-electron chi connectivity index (χ2n) is 5.14. The molecule has 2 rings (SSSR count). The van der Waals surface area contributed by atoms with Crippen molar-refractivity contribution >= 4 is 23.6 Å². The summed E-state index contributed by atoms with van der Waals surface area (Å²) in [5.41, 5.74) is -0.288. The van der Waals surface area contributed by atoms with Crippen molar-refractivity contribution in [2.75, 3.05) is 18.9 Å². The normalized spacial score (nSPS) is 11.0. The topological polar surface area (TPSA) is 55.4 Å². The summed E-state index contributed by atoms with van der Waals surface area (Å²) < 4.78 is 42.8. The van der Waals surface area contributed by atoms with Gasteiger partial charge in [0.05, 0.1) is 5.56 Å². The van der Waals surface area contributed by atoms with Crippen LogP contribution in [0, 0.1) is 0 Å². The highest BCUT2D eigenvalue weighted by molar-refractivity contribution is 7.99. The maximum atomic E-state index is 12.6. The number of esters is 1. The molecule has 0 aliphatic heterocycles. The van der Waals surface area contributed by atoms with E-state index in [4.69, 9.17) is 4.74 Å². The van der Waals surface area contributed by atoms with Crippen molar-refractivity contribution in [1.82, 2.24) is 5.32 Å². The molecule has 0 unspecified atom stereocenters. The number of carbonyl (C=O) groups is 2. The van der Waals surface area contributed by atoms with Gasteiger partial charge >= 0.3 is 12.1 Å². The van der Waals surface area contributed by atoms with Gasteiger partial charge in [-0.15, -0.1) is 11.8 Å². The molecule has 0 aliphatic rings. The Morgan fingerprint density at radius 2 is 1.77 bits per heavy atom. The maximum absolute atomic E-state index is 12.6. The van der Waals surface area contributed by atoms with Gasteiger partial charge in [0, 0.05) is 16.2 Å². The van der Waals surface area contributed by atoms with Crippen LogP contribution in [0.2, 0.25) is 0 Å². The van der Waals surface area contributed by atoms with E-state index < -0.39 is 17.7 Å². The Balaban J connectivity index is 1.68. The molecule has 0 radical (unpaired) electrons. The number of hydrogen-bond donors (Lipinski definition) is 1. The molecule has 0 aromatic heterocycles. The van der Waals surface area contributed by atoms with Crippen molar-refractivity contribution in [3.8, 4) is 0 Å². The summed E-state index contributed by atoms with van der Waals surface area (Å²) in [5, 5.41) is 2.44. The van der Waals surface area contributed by atoms with Gasteiger partial charge in [-0.05, 0) is 30.3 Å². The Morgan fingerprint density at radius 3 is 2.46 bits per heavy atom. The third-order valence-electron chi connectivity index (χ3n) is 3.21. The molecule has 0 saturated heterocycles. The van der Waals surface area contributed by atoms with Crippen molar-refractivity contribution in [3.05, 3.63) is 65.7 Å². The van der Waals surface area contributed by atoms with Crippen LogP contribution < -0.4 is 5.32 Å². The van der Waals surface area contributed by atoms with Crippen molar-refractivity contribution < 1.29 is 27.5 Å². The Labute approximate surface area is 152 Å². The van der Waals surface area contributed by atoms with Crippen molar-refractivity contribution in [3.63, 3.8) is 0 Å². The van der Waals surface area contributed by atoms with Crippen LogP contribution >= 0.6 is 11.8 Å². The van der Waals surface area contributed by atoms with Gasteiger partial charge in [0.25, 0.3) is 5.91 Å². The molecule has 0 saturated carbocycles. The maximum Gasteiger partial charge on any atom is 0.416 e. The smallest absolute Gasteiger partial charge is 0.416 e. The first-order chi connectivity index (χ1) is 12.4. The second-order valence-corrected chi connectivity index (χ2v) is 6.31. The number of rotatable bonds is 7. The largest absolute Gasteiger partial charge is 0.463 e. The van der Waals surface area contributed by atoms with Crippen LogP contribution in [0.1, 0.15) is 15.9 Å². The van der Waals surface area contributed by atoms with E-state index in [-0.39, 0.29) is 19.1 Å². The lowest BCUT2D eigenvalue weighted by molar-refractivity contribution is -0.141. The number of thioether (sulfide) groups is 1. The zero-order valence-electron chi connectivity index (χ0n) is 13.6. The van der Waals surface area contributed by atoms with Gasteiger partial charge in [-0.2, -0.15) is 13.2 Å². The van der Waals surface area contributed by atoms with Gasteiger partial charge in [0.1, 0.15) is 13.2 Å². The predicted octanol–water partition coefficient (Wildman–Crippen LogP) is 3.77. The fourth-order valence-corrected chi connectivity index (χ4v) is 2.76. The van der Waals surface area contributed by atoms with Crippen LogP contribution in [0.15, 0.2) is 59.5 Å². The molecule has 8 heteroatoms. The van der Waals surface area contributed by atoms with E-state index in [1.165, 1.54) is 6.07 Å². The molecule has 1 amide bonds. The minimum absolute atomic E-state index is 0.0287. The number of halogens is 3. The zero-order valence-corrected chi connectivity index (χ0v) is 14.4. The highest BCUT2D eigenvalue weighted by Crippen LogP contribution is 2.31. The molecule has 0 atom stereocenters. The summed E-state index contributed by atoms with van der Waals surface area (Å²) in [5.74, 6) is -0.695. The number of nitrogens with one attached hydrogen (secondary N) is 1. The minimum Gasteiger partial charge on any atom is -0.463 e. The van der Waals surface area contributed by atoms with E-state index >= 15 is 0 Å². The van der Waals surface area contributed by atoms with Gasteiger partial charge < -0.3 is 10.1 Å². The molecule has 2 aromatic carbocycles. The first-order valence-electron chi connectivity index (χ1n) is 7.65. The van der Waals surface area contributed by atoms with E-state index in [0.29, 0.717) is 16.2 Å². The number of benzene rings is 2. The van der Waals surface area contributed by atoms with Crippen LogP contribution in [0.4, 0.5) is 13.2 Å². The highest BCUT2D eigenvalue weighted by atomic mass is 32.2. The Morgan fingerprint density at radius 1 is 1.04 bits per heavy atom. The minimum atomic E-state index is -4.39. The monoisotopic (exact) mass is 383 g/mol. The molecule has 0 heterocycles. The average Bonchev–Trinajstić information content (AvgIpc) is 2.63. The molecule has 0 spiro atoms. The predicted molar refractivity (Wildman–Crippen MR) is 91.9 cm³/mol. The average molecular weight is 383 g/mol. The van der Waals surface area contributed by atoms with Crippen LogP contribution in [0.5, 0.6) is 0 Å². The molecule has 0 bridgehead atoms. The number of carbonyl (C=O) groups excluding carboxylic acids is 2. The van der Waals surface area contributed by atoms with Gasteiger partial charge in [0.2, 0.25) is 0 Å². The lowest BCUT2D eigenvalue weighted by Gasteiger charge is -2.09. The Hall–Kier alpha value is -2.48. The summed E-state index contributed by atoms with van der Waals surface area (Å²) in [4.78, 5) is 23.8. The quantitative estimate of drug-likeness (QED) is 0.449. The zero-order chi connectivity index (χ0) is 19.0. The Kier molecular flexibility index (Phi) is 7.08. The summed E-state index contributed by atoms with van der Waals surface area (Å²) in [7, 11) is 0. The van der Waals surface area contributed by atoms with Crippen LogP contribution in [0.3, 0.4) is 0 Å². The van der Waals surface area contributed by atoms with Crippen LogP contribution in [-0.2, 0) is 15.7 Å².